The summed E-state index contributed by atoms with van der Waals surface area (Å²) in [5, 5.41) is 9.23. The molecule has 0 saturated carbocycles. The maximum atomic E-state index is 13.0. The highest BCUT2D eigenvalue weighted by molar-refractivity contribution is 14.1. The first-order valence-electron chi connectivity index (χ1n) is 10.8. The van der Waals surface area contributed by atoms with Crippen LogP contribution in [-0.2, 0) is 11.4 Å². The van der Waals surface area contributed by atoms with Crippen LogP contribution in [0.4, 0.5) is 10.1 Å². The van der Waals surface area contributed by atoms with Gasteiger partial charge in [0.1, 0.15) is 12.4 Å². The van der Waals surface area contributed by atoms with Crippen molar-refractivity contribution in [2.45, 2.75) is 6.61 Å². The fourth-order valence-corrected chi connectivity index (χ4v) is 4.27. The first kappa shape index (κ1) is 24.5. The van der Waals surface area contributed by atoms with Gasteiger partial charge in [-0.25, -0.2) is 9.82 Å². The van der Waals surface area contributed by atoms with Gasteiger partial charge in [-0.15, -0.1) is 0 Å². The summed E-state index contributed by atoms with van der Waals surface area (Å²) in [6, 6.07) is 23.8. The average molecular weight is 583 g/mol. The summed E-state index contributed by atoms with van der Waals surface area (Å²) in [5.41, 5.74) is 4.94. The lowest BCUT2D eigenvalue weighted by molar-refractivity contribution is -0.119. The number of ether oxygens (including phenoxy) is 2. The molecule has 0 aliphatic carbocycles. The minimum atomic E-state index is -0.334. The smallest absolute Gasteiger partial charge is 0.259 e. The molecule has 4 aromatic carbocycles. The topological polar surface area (TPSA) is 72.0 Å². The SMILES string of the molecule is COc1cc(/C=N\NC(=O)CNc2ccc(F)cc2)cc(I)c1OCc1cccc2ccccc12. The van der Waals surface area contributed by atoms with Crippen LogP contribution >= 0.6 is 22.6 Å². The molecule has 2 N–H and O–H groups in total. The zero-order chi connectivity index (χ0) is 24.6. The van der Waals surface area contributed by atoms with Crippen LogP contribution in [0, 0.1) is 9.39 Å². The van der Waals surface area contributed by atoms with E-state index in [0.29, 0.717) is 23.8 Å². The number of methoxy groups -OCH3 is 1. The van der Waals surface area contributed by atoms with Gasteiger partial charge >= 0.3 is 0 Å². The molecular weight excluding hydrogens is 560 g/mol. The third kappa shape index (κ3) is 6.48. The van der Waals surface area contributed by atoms with E-state index in [1.165, 1.54) is 18.3 Å². The van der Waals surface area contributed by atoms with Crippen molar-refractivity contribution >= 4 is 51.2 Å². The number of hydrogen-bond acceptors (Lipinski definition) is 5. The van der Waals surface area contributed by atoms with Crippen molar-refractivity contribution in [2.24, 2.45) is 5.10 Å². The maximum absolute atomic E-state index is 13.0. The lowest BCUT2D eigenvalue weighted by Gasteiger charge is -2.14. The van der Waals surface area contributed by atoms with Gasteiger partial charge in [0.05, 0.1) is 23.4 Å². The molecule has 4 aromatic rings. The Balaban J connectivity index is 1.38. The zero-order valence-electron chi connectivity index (χ0n) is 18.9. The highest BCUT2D eigenvalue weighted by Crippen LogP contribution is 2.34. The highest BCUT2D eigenvalue weighted by Gasteiger charge is 2.12. The number of hydrogen-bond donors (Lipinski definition) is 2. The van der Waals surface area contributed by atoms with E-state index in [1.54, 1.807) is 25.3 Å². The highest BCUT2D eigenvalue weighted by atomic mass is 127. The molecule has 0 spiro atoms. The van der Waals surface area contributed by atoms with E-state index in [-0.39, 0.29) is 18.3 Å². The number of fused-ring (bicyclic) bond motifs is 1. The van der Waals surface area contributed by atoms with Crippen LogP contribution in [0.15, 0.2) is 84.0 Å². The standard InChI is InChI=1S/C27H23FIN3O3/c1-34-25-14-18(15-31-32-26(33)16-30-22-11-9-21(28)10-12-22)13-24(29)27(25)35-17-20-7-4-6-19-5-2-3-8-23(19)20/h2-15,30H,16-17H2,1H3,(H,32,33)/b31-15-. The van der Waals surface area contributed by atoms with Gasteiger partial charge in [-0.3, -0.25) is 4.79 Å². The van der Waals surface area contributed by atoms with Crippen molar-refractivity contribution in [3.05, 3.63) is 99.4 Å². The molecule has 0 aliphatic rings. The van der Waals surface area contributed by atoms with Crippen LogP contribution in [-0.4, -0.2) is 25.8 Å². The van der Waals surface area contributed by atoms with E-state index in [2.05, 4.69) is 62.7 Å². The van der Waals surface area contributed by atoms with Gasteiger partial charge < -0.3 is 14.8 Å². The molecule has 8 heteroatoms. The number of hydrazone groups is 1. The van der Waals surface area contributed by atoms with Gasteiger partial charge in [0, 0.05) is 5.69 Å². The fourth-order valence-electron chi connectivity index (χ4n) is 3.49. The van der Waals surface area contributed by atoms with Gasteiger partial charge in [-0.1, -0.05) is 42.5 Å². The van der Waals surface area contributed by atoms with Gasteiger partial charge in [-0.2, -0.15) is 5.10 Å². The number of amides is 1. The Bertz CT molecular complexity index is 1350. The molecule has 0 radical (unpaired) electrons. The Labute approximate surface area is 216 Å². The van der Waals surface area contributed by atoms with Crippen LogP contribution in [0.2, 0.25) is 0 Å². The molecule has 6 nitrogen and oxygen atoms in total. The Hall–Kier alpha value is -3.66. The third-order valence-electron chi connectivity index (χ3n) is 5.20. The van der Waals surface area contributed by atoms with Crippen molar-refractivity contribution in [3.8, 4) is 11.5 Å². The van der Waals surface area contributed by atoms with E-state index in [1.807, 2.05) is 24.3 Å². The number of carbonyl (C=O) groups excluding carboxylic acids is 1. The number of anilines is 1. The lowest BCUT2D eigenvalue weighted by Crippen LogP contribution is -2.25. The Kier molecular flexibility index (Phi) is 8.15. The molecule has 0 atom stereocenters. The molecule has 35 heavy (non-hydrogen) atoms. The van der Waals surface area contributed by atoms with Gasteiger partial charge in [-0.05, 0) is 80.9 Å². The Morgan fingerprint density at radius 2 is 1.83 bits per heavy atom. The van der Waals surface area contributed by atoms with Crippen molar-refractivity contribution in [3.63, 3.8) is 0 Å². The van der Waals surface area contributed by atoms with Crippen molar-refractivity contribution in [1.29, 1.82) is 0 Å². The maximum Gasteiger partial charge on any atom is 0.259 e. The predicted molar refractivity (Wildman–Crippen MR) is 145 cm³/mol. The summed E-state index contributed by atoms with van der Waals surface area (Å²) in [4.78, 5) is 12.0. The fraction of sp³-hybridized carbons (Fsp3) is 0.111. The summed E-state index contributed by atoms with van der Waals surface area (Å²) < 4.78 is 25.5. The monoisotopic (exact) mass is 583 g/mol. The molecule has 0 unspecified atom stereocenters. The quantitative estimate of drug-likeness (QED) is 0.150. The normalized spacial score (nSPS) is 10.9. The molecule has 0 aromatic heterocycles. The molecular formula is C27H23FIN3O3. The second-order valence-electron chi connectivity index (χ2n) is 7.61. The number of nitrogens with one attached hydrogen (secondary N) is 2. The number of nitrogens with zero attached hydrogens (tertiary/aromatic N) is 1. The van der Waals surface area contributed by atoms with Gasteiger partial charge in [0.2, 0.25) is 0 Å². The largest absolute Gasteiger partial charge is 0.493 e. The number of carbonyl (C=O) groups is 1. The second-order valence-corrected chi connectivity index (χ2v) is 8.78. The summed E-state index contributed by atoms with van der Waals surface area (Å²) in [7, 11) is 1.58. The minimum absolute atomic E-state index is 0.00474. The molecule has 0 heterocycles. The number of benzene rings is 4. The molecule has 0 saturated heterocycles. The van der Waals surface area contributed by atoms with Gasteiger partial charge in [0.25, 0.3) is 5.91 Å². The Morgan fingerprint density at radius 1 is 1.06 bits per heavy atom. The number of halogens is 2. The summed E-state index contributed by atoms with van der Waals surface area (Å²) in [5.74, 6) is 0.551. The van der Waals surface area contributed by atoms with Crippen LogP contribution < -0.4 is 20.2 Å². The average Bonchev–Trinajstić information content (AvgIpc) is 2.87. The zero-order valence-corrected chi connectivity index (χ0v) is 21.1. The first-order chi connectivity index (χ1) is 17.0. The van der Waals surface area contributed by atoms with Crippen LogP contribution in [0.5, 0.6) is 11.5 Å². The molecule has 0 bridgehead atoms. The summed E-state index contributed by atoms with van der Waals surface area (Å²) in [6.45, 7) is 0.406. The van der Waals surface area contributed by atoms with Crippen molar-refractivity contribution in [2.75, 3.05) is 19.0 Å². The number of rotatable bonds is 9. The van der Waals surface area contributed by atoms with Crippen molar-refractivity contribution < 1.29 is 18.7 Å². The Morgan fingerprint density at radius 3 is 2.63 bits per heavy atom. The predicted octanol–water partition coefficient (Wildman–Crippen LogP) is 5.73. The van der Waals surface area contributed by atoms with Crippen molar-refractivity contribution in [1.82, 2.24) is 5.43 Å². The van der Waals surface area contributed by atoms with Crippen LogP contribution in [0.1, 0.15) is 11.1 Å². The third-order valence-corrected chi connectivity index (χ3v) is 6.01. The van der Waals surface area contributed by atoms with E-state index in [0.717, 1.165) is 25.5 Å². The lowest BCUT2D eigenvalue weighted by atomic mass is 10.1. The van der Waals surface area contributed by atoms with E-state index in [4.69, 9.17) is 9.47 Å². The van der Waals surface area contributed by atoms with E-state index in [9.17, 15) is 9.18 Å². The molecule has 4 rings (SSSR count). The van der Waals surface area contributed by atoms with Gasteiger partial charge in [0.15, 0.2) is 11.5 Å². The summed E-state index contributed by atoms with van der Waals surface area (Å²) in [6.07, 6.45) is 1.54. The summed E-state index contributed by atoms with van der Waals surface area (Å²) >= 11 is 2.19. The molecule has 1 amide bonds. The molecule has 0 fully saturated rings. The van der Waals surface area contributed by atoms with E-state index >= 15 is 0 Å². The second kappa shape index (κ2) is 11.7. The van der Waals surface area contributed by atoms with Crippen LogP contribution in [0.3, 0.4) is 0 Å². The van der Waals surface area contributed by atoms with E-state index < -0.39 is 0 Å². The molecule has 178 valence electrons. The van der Waals surface area contributed by atoms with Crippen LogP contribution in [0.25, 0.3) is 10.8 Å². The minimum Gasteiger partial charge on any atom is -0.493 e. The molecule has 0 aliphatic heterocycles. The first-order valence-corrected chi connectivity index (χ1v) is 11.9.